The Morgan fingerprint density at radius 1 is 0.294 bits per heavy atom. The third-order valence-electron chi connectivity index (χ3n) is 11.1. The van der Waals surface area contributed by atoms with E-state index in [1.54, 1.807) is 0 Å². The zero-order valence-corrected chi connectivity index (χ0v) is 27.7. The van der Waals surface area contributed by atoms with Crippen molar-refractivity contribution in [2.24, 2.45) is 0 Å². The highest BCUT2D eigenvalue weighted by molar-refractivity contribution is 6.04. The van der Waals surface area contributed by atoms with E-state index in [9.17, 15) is 0 Å². The van der Waals surface area contributed by atoms with Gasteiger partial charge in [-0.15, -0.1) is 0 Å². The number of hydrogen-bond donors (Lipinski definition) is 0. The van der Waals surface area contributed by atoms with Gasteiger partial charge in [-0.05, 0) is 79.9 Å². The van der Waals surface area contributed by atoms with Crippen molar-refractivity contribution in [3.63, 3.8) is 0 Å². The van der Waals surface area contributed by atoms with Crippen molar-refractivity contribution in [2.75, 3.05) is 0 Å². The van der Waals surface area contributed by atoms with Crippen LogP contribution >= 0.6 is 0 Å². The van der Waals surface area contributed by atoms with Crippen LogP contribution in [0.4, 0.5) is 0 Å². The lowest BCUT2D eigenvalue weighted by atomic mass is 9.70. The van der Waals surface area contributed by atoms with Crippen LogP contribution < -0.4 is 0 Å². The average molecular weight is 647 g/mol. The molecule has 0 unspecified atom stereocenters. The highest BCUT2D eigenvalue weighted by atomic mass is 14.8. The van der Waals surface area contributed by atoms with E-state index in [0.29, 0.717) is 0 Å². The summed E-state index contributed by atoms with van der Waals surface area (Å²) in [6.45, 7) is 0. The SMILES string of the molecule is c1ccc(-c2ccc3ccc4ccc(-c5cccc(-c6ccc7c(c6)C6(c8ccccc8-c8ccccc86)c6ccccc6-7)c5)nc4c3n2)cc1. The number of fused-ring (bicyclic) bond motifs is 13. The Hall–Kier alpha value is -6.64. The van der Waals surface area contributed by atoms with Gasteiger partial charge in [-0.25, -0.2) is 9.97 Å². The first-order valence-corrected chi connectivity index (χ1v) is 17.6. The van der Waals surface area contributed by atoms with E-state index in [4.69, 9.17) is 9.97 Å². The molecule has 0 amide bonds. The van der Waals surface area contributed by atoms with Crippen molar-refractivity contribution in [1.82, 2.24) is 9.97 Å². The molecule has 11 rings (SSSR count). The Kier molecular flexibility index (Phi) is 5.91. The number of pyridine rings is 2. The molecule has 0 radical (unpaired) electrons. The topological polar surface area (TPSA) is 25.8 Å². The summed E-state index contributed by atoms with van der Waals surface area (Å²) in [5.74, 6) is 0. The Bertz CT molecular complexity index is 2800. The van der Waals surface area contributed by atoms with Crippen LogP contribution in [0.25, 0.3) is 77.7 Å². The fourth-order valence-electron chi connectivity index (χ4n) is 8.83. The summed E-state index contributed by atoms with van der Waals surface area (Å²) in [6.07, 6.45) is 0. The minimum atomic E-state index is -0.362. The number of nitrogens with zero attached hydrogens (tertiary/aromatic N) is 2. The van der Waals surface area contributed by atoms with Crippen LogP contribution in [0.2, 0.25) is 0 Å². The van der Waals surface area contributed by atoms with E-state index < -0.39 is 0 Å². The van der Waals surface area contributed by atoms with E-state index in [2.05, 4.69) is 176 Å². The molecule has 0 aliphatic heterocycles. The van der Waals surface area contributed by atoms with Crippen molar-refractivity contribution in [2.45, 2.75) is 5.41 Å². The summed E-state index contributed by atoms with van der Waals surface area (Å²) in [5, 5.41) is 2.17. The van der Waals surface area contributed by atoms with Gasteiger partial charge in [0.05, 0.1) is 27.8 Å². The standard InChI is InChI=1S/C49H30N2/c1-2-11-31(12-3-1)45-27-24-32-21-22-33-25-28-46(51-48(33)47(32)50-45)36-14-10-13-34(29-36)35-23-26-40-39-17-6-9-20-43(39)49(44(40)30-35)41-18-7-4-15-37(41)38-16-5-8-19-42(38)49/h1-30H. The molecule has 236 valence electrons. The van der Waals surface area contributed by atoms with Gasteiger partial charge < -0.3 is 0 Å². The summed E-state index contributed by atoms with van der Waals surface area (Å²) in [4.78, 5) is 10.4. The Labute approximate surface area is 296 Å². The van der Waals surface area contributed by atoms with Crippen LogP contribution in [0.1, 0.15) is 22.3 Å². The van der Waals surface area contributed by atoms with Crippen LogP contribution in [0.3, 0.4) is 0 Å². The molecule has 0 N–H and O–H groups in total. The van der Waals surface area contributed by atoms with Crippen molar-refractivity contribution < 1.29 is 0 Å². The lowest BCUT2D eigenvalue weighted by Crippen LogP contribution is -2.25. The normalized spacial score (nSPS) is 13.3. The van der Waals surface area contributed by atoms with Crippen LogP contribution in [-0.4, -0.2) is 9.97 Å². The van der Waals surface area contributed by atoms with Crippen LogP contribution in [0, 0.1) is 0 Å². The molecule has 2 aromatic heterocycles. The van der Waals surface area contributed by atoms with Crippen LogP contribution in [0.5, 0.6) is 0 Å². The van der Waals surface area contributed by atoms with Crippen molar-refractivity contribution in [1.29, 1.82) is 0 Å². The molecule has 51 heavy (non-hydrogen) atoms. The minimum absolute atomic E-state index is 0.362. The predicted molar refractivity (Wildman–Crippen MR) is 210 cm³/mol. The first kappa shape index (κ1) is 28.2. The summed E-state index contributed by atoms with van der Waals surface area (Å²) in [6, 6.07) is 66.1. The first-order chi connectivity index (χ1) is 25.3. The molecule has 2 nitrogen and oxygen atoms in total. The molecule has 2 heterocycles. The van der Waals surface area contributed by atoms with Gasteiger partial charge in [-0.1, -0.05) is 158 Å². The fourth-order valence-corrected chi connectivity index (χ4v) is 8.83. The summed E-state index contributed by atoms with van der Waals surface area (Å²) in [5.41, 5.74) is 18.6. The first-order valence-electron chi connectivity index (χ1n) is 17.6. The number of hydrogen-bond acceptors (Lipinski definition) is 2. The molecule has 2 aliphatic carbocycles. The van der Waals surface area contributed by atoms with E-state index in [0.717, 1.165) is 44.3 Å². The molecule has 2 aliphatic rings. The summed E-state index contributed by atoms with van der Waals surface area (Å²) in [7, 11) is 0. The Balaban J connectivity index is 1.07. The lowest BCUT2D eigenvalue weighted by molar-refractivity contribution is 0.794. The summed E-state index contributed by atoms with van der Waals surface area (Å²) >= 11 is 0. The molecule has 9 aromatic rings. The molecule has 0 fully saturated rings. The maximum Gasteiger partial charge on any atom is 0.0972 e. The van der Waals surface area contributed by atoms with Crippen molar-refractivity contribution >= 4 is 21.8 Å². The van der Waals surface area contributed by atoms with E-state index in [-0.39, 0.29) is 5.41 Å². The van der Waals surface area contributed by atoms with Gasteiger partial charge in [-0.2, -0.15) is 0 Å². The largest absolute Gasteiger partial charge is 0.245 e. The molecule has 2 heteroatoms. The number of aromatic nitrogens is 2. The van der Waals surface area contributed by atoms with Gasteiger partial charge in [0.15, 0.2) is 0 Å². The maximum atomic E-state index is 5.27. The molecular weight excluding hydrogens is 617 g/mol. The van der Waals surface area contributed by atoms with Crippen LogP contribution in [-0.2, 0) is 5.41 Å². The second-order valence-corrected chi connectivity index (χ2v) is 13.7. The average Bonchev–Trinajstić information content (AvgIpc) is 3.68. The monoisotopic (exact) mass is 646 g/mol. The van der Waals surface area contributed by atoms with E-state index in [1.165, 1.54) is 55.6 Å². The second kappa shape index (κ2) is 10.7. The Morgan fingerprint density at radius 2 is 0.745 bits per heavy atom. The second-order valence-electron chi connectivity index (χ2n) is 13.7. The smallest absolute Gasteiger partial charge is 0.0972 e. The van der Waals surface area contributed by atoms with Crippen LogP contribution in [0.15, 0.2) is 182 Å². The third-order valence-corrected chi connectivity index (χ3v) is 11.1. The molecule has 7 aromatic carbocycles. The number of benzene rings is 7. The molecule has 0 bridgehead atoms. The number of rotatable bonds is 3. The highest BCUT2D eigenvalue weighted by Crippen LogP contribution is 2.63. The van der Waals surface area contributed by atoms with Crippen molar-refractivity contribution in [3.8, 4) is 55.9 Å². The molecule has 0 saturated heterocycles. The van der Waals surface area contributed by atoms with Gasteiger partial charge in [-0.3, -0.25) is 0 Å². The molecule has 0 saturated carbocycles. The predicted octanol–water partition coefficient (Wildman–Crippen LogP) is 12.1. The van der Waals surface area contributed by atoms with E-state index in [1.807, 2.05) is 6.07 Å². The highest BCUT2D eigenvalue weighted by Gasteiger charge is 2.51. The van der Waals surface area contributed by atoms with Gasteiger partial charge in [0.1, 0.15) is 0 Å². The Morgan fingerprint density at radius 3 is 1.35 bits per heavy atom. The van der Waals surface area contributed by atoms with Crippen molar-refractivity contribution in [3.05, 3.63) is 204 Å². The van der Waals surface area contributed by atoms with Gasteiger partial charge >= 0.3 is 0 Å². The summed E-state index contributed by atoms with van der Waals surface area (Å²) < 4.78 is 0. The molecule has 0 atom stereocenters. The van der Waals surface area contributed by atoms with Gasteiger partial charge in [0.2, 0.25) is 0 Å². The van der Waals surface area contributed by atoms with E-state index >= 15 is 0 Å². The molecular formula is C49H30N2. The van der Waals surface area contributed by atoms with Gasteiger partial charge in [0.25, 0.3) is 0 Å². The zero-order chi connectivity index (χ0) is 33.5. The molecule has 1 spiro atoms. The lowest BCUT2D eigenvalue weighted by Gasteiger charge is -2.30. The fraction of sp³-hybridized carbons (Fsp3) is 0.0204. The quantitative estimate of drug-likeness (QED) is 0.179. The zero-order valence-electron chi connectivity index (χ0n) is 27.7. The maximum absolute atomic E-state index is 5.27. The van der Waals surface area contributed by atoms with Gasteiger partial charge in [0, 0.05) is 21.9 Å². The third kappa shape index (κ3) is 3.99. The minimum Gasteiger partial charge on any atom is -0.245 e.